The maximum absolute atomic E-state index is 12.6. The molecule has 0 unspecified atom stereocenters. The molecule has 0 bridgehead atoms. The lowest BCUT2D eigenvalue weighted by atomic mass is 10.1. The molecular weight excluding hydrogens is 310 g/mol. The van der Waals surface area contributed by atoms with Gasteiger partial charge in [0.2, 0.25) is 5.91 Å². The van der Waals surface area contributed by atoms with Crippen LogP contribution in [0.2, 0.25) is 0 Å². The summed E-state index contributed by atoms with van der Waals surface area (Å²) in [5.74, 6) is 1.19. The van der Waals surface area contributed by atoms with Crippen molar-refractivity contribution in [3.05, 3.63) is 23.8 Å². The number of rotatable bonds is 6. The molecule has 0 saturated carbocycles. The average molecular weight is 335 g/mol. The van der Waals surface area contributed by atoms with E-state index in [0.717, 1.165) is 0 Å². The highest BCUT2D eigenvalue weighted by Crippen LogP contribution is 2.28. The molecule has 2 amide bonds. The van der Waals surface area contributed by atoms with E-state index in [1.54, 1.807) is 37.3 Å². The summed E-state index contributed by atoms with van der Waals surface area (Å²) >= 11 is 0. The quantitative estimate of drug-likeness (QED) is 0.824. The molecule has 0 aromatic heterocycles. The number of methoxy groups -OCH3 is 2. The first-order valence-corrected chi connectivity index (χ1v) is 8.04. The van der Waals surface area contributed by atoms with Gasteiger partial charge >= 0.3 is 0 Å². The maximum atomic E-state index is 12.6. The molecule has 0 radical (unpaired) electrons. The number of ether oxygens (including phenoxy) is 2. The molecule has 1 saturated heterocycles. The lowest BCUT2D eigenvalue weighted by Crippen LogP contribution is -2.50. The van der Waals surface area contributed by atoms with E-state index in [1.165, 1.54) is 0 Å². The number of piperazine rings is 1. The highest BCUT2D eigenvalue weighted by Gasteiger charge is 2.25. The zero-order valence-electron chi connectivity index (χ0n) is 14.5. The van der Waals surface area contributed by atoms with Gasteiger partial charge in [-0.15, -0.1) is 0 Å². The van der Waals surface area contributed by atoms with Crippen molar-refractivity contribution in [1.29, 1.82) is 0 Å². The van der Waals surface area contributed by atoms with E-state index in [-0.39, 0.29) is 11.8 Å². The third-order valence-corrected chi connectivity index (χ3v) is 4.14. The summed E-state index contributed by atoms with van der Waals surface area (Å²) in [6, 6.07) is 5.14. The summed E-state index contributed by atoms with van der Waals surface area (Å²) in [7, 11) is 4.93. The molecule has 0 spiro atoms. The number of amides is 2. The van der Waals surface area contributed by atoms with Crippen molar-refractivity contribution in [1.82, 2.24) is 15.1 Å². The molecule has 1 aliphatic rings. The highest BCUT2D eigenvalue weighted by molar-refractivity contribution is 5.95. The van der Waals surface area contributed by atoms with Crippen molar-refractivity contribution in [2.45, 2.75) is 6.42 Å². The Kier molecular flexibility index (Phi) is 6.43. The summed E-state index contributed by atoms with van der Waals surface area (Å²) in [5.41, 5.74) is 0.558. The maximum Gasteiger partial charge on any atom is 0.254 e. The monoisotopic (exact) mass is 335 g/mol. The number of carbonyl (C=O) groups excluding carboxylic acids is 2. The van der Waals surface area contributed by atoms with Crippen molar-refractivity contribution in [2.75, 3.05) is 54.0 Å². The Bertz CT molecular complexity index is 583. The lowest BCUT2D eigenvalue weighted by Gasteiger charge is -2.35. The van der Waals surface area contributed by atoms with Crippen molar-refractivity contribution in [2.24, 2.45) is 0 Å². The number of hydrogen-bond acceptors (Lipinski definition) is 5. The number of hydrogen-bond donors (Lipinski definition) is 1. The molecular formula is C17H25N3O4. The predicted octanol–water partition coefficient (Wildman–Crippen LogP) is 0.598. The summed E-state index contributed by atoms with van der Waals surface area (Å²) in [4.78, 5) is 28.2. The Morgan fingerprint density at radius 3 is 2.25 bits per heavy atom. The summed E-state index contributed by atoms with van der Waals surface area (Å²) in [6.07, 6.45) is 0.486. The van der Waals surface area contributed by atoms with Gasteiger partial charge in [-0.05, 0) is 25.2 Å². The van der Waals surface area contributed by atoms with Gasteiger partial charge in [-0.2, -0.15) is 0 Å². The van der Waals surface area contributed by atoms with Gasteiger partial charge in [-0.3, -0.25) is 9.59 Å². The van der Waals surface area contributed by atoms with Gasteiger partial charge in [0.05, 0.1) is 14.2 Å². The smallest absolute Gasteiger partial charge is 0.254 e. The summed E-state index contributed by atoms with van der Waals surface area (Å²) in [6.45, 7) is 2.89. The van der Waals surface area contributed by atoms with Crippen LogP contribution < -0.4 is 14.8 Å². The van der Waals surface area contributed by atoms with Crippen LogP contribution >= 0.6 is 0 Å². The Morgan fingerprint density at radius 1 is 1.04 bits per heavy atom. The van der Waals surface area contributed by atoms with Crippen LogP contribution in [0.25, 0.3) is 0 Å². The molecule has 1 aromatic rings. The van der Waals surface area contributed by atoms with Crippen LogP contribution in [-0.4, -0.2) is 75.6 Å². The van der Waals surface area contributed by atoms with Crippen molar-refractivity contribution < 1.29 is 19.1 Å². The van der Waals surface area contributed by atoms with E-state index in [1.807, 2.05) is 11.9 Å². The molecule has 0 aliphatic carbocycles. The number of benzene rings is 1. The average Bonchev–Trinajstić information content (AvgIpc) is 2.64. The van der Waals surface area contributed by atoms with Gasteiger partial charge in [-0.25, -0.2) is 0 Å². The minimum absolute atomic E-state index is 0.0572. The standard InChI is InChI=1S/C17H25N3O4/c1-18-7-6-16(21)19-8-10-20(11-9-19)17(22)13-4-5-14(23-2)15(12-13)24-3/h4-5,12,18H,6-11H2,1-3H3. The topological polar surface area (TPSA) is 71.1 Å². The second kappa shape index (κ2) is 8.54. The van der Waals surface area contributed by atoms with E-state index in [0.29, 0.717) is 56.2 Å². The van der Waals surface area contributed by atoms with E-state index in [2.05, 4.69) is 5.32 Å². The van der Waals surface area contributed by atoms with E-state index < -0.39 is 0 Å². The minimum Gasteiger partial charge on any atom is -0.493 e. The molecule has 1 fully saturated rings. The fourth-order valence-electron chi connectivity index (χ4n) is 2.70. The Morgan fingerprint density at radius 2 is 1.67 bits per heavy atom. The Labute approximate surface area is 142 Å². The molecule has 1 N–H and O–H groups in total. The van der Waals surface area contributed by atoms with Crippen LogP contribution in [0.5, 0.6) is 11.5 Å². The molecule has 1 heterocycles. The van der Waals surface area contributed by atoms with E-state index in [9.17, 15) is 9.59 Å². The highest BCUT2D eigenvalue weighted by atomic mass is 16.5. The molecule has 0 atom stereocenters. The van der Waals surface area contributed by atoms with Crippen LogP contribution in [-0.2, 0) is 4.79 Å². The number of nitrogens with one attached hydrogen (secondary N) is 1. The third-order valence-electron chi connectivity index (χ3n) is 4.14. The summed E-state index contributed by atoms with van der Waals surface area (Å²) in [5, 5.41) is 2.97. The molecule has 1 aromatic carbocycles. The molecule has 7 heteroatoms. The first-order chi connectivity index (χ1) is 11.6. The fraction of sp³-hybridized carbons (Fsp3) is 0.529. The summed E-state index contributed by atoms with van der Waals surface area (Å²) < 4.78 is 10.4. The van der Waals surface area contributed by atoms with Gasteiger partial charge in [0, 0.05) is 44.7 Å². The van der Waals surface area contributed by atoms with Crippen LogP contribution in [0.1, 0.15) is 16.8 Å². The van der Waals surface area contributed by atoms with Gasteiger partial charge in [0.15, 0.2) is 11.5 Å². The lowest BCUT2D eigenvalue weighted by molar-refractivity contribution is -0.132. The van der Waals surface area contributed by atoms with Gasteiger partial charge < -0.3 is 24.6 Å². The third kappa shape index (κ3) is 4.17. The van der Waals surface area contributed by atoms with Crippen LogP contribution in [0.15, 0.2) is 18.2 Å². The SMILES string of the molecule is CNCCC(=O)N1CCN(C(=O)c2ccc(OC)c(OC)c2)CC1. The largest absolute Gasteiger partial charge is 0.493 e. The number of carbonyl (C=O) groups is 2. The Hall–Kier alpha value is -2.28. The predicted molar refractivity (Wildman–Crippen MR) is 90.6 cm³/mol. The Balaban J connectivity index is 1.96. The van der Waals surface area contributed by atoms with Crippen molar-refractivity contribution in [3.8, 4) is 11.5 Å². The second-order valence-corrected chi connectivity index (χ2v) is 5.60. The minimum atomic E-state index is -0.0572. The van der Waals surface area contributed by atoms with Crippen LogP contribution in [0, 0.1) is 0 Å². The van der Waals surface area contributed by atoms with E-state index >= 15 is 0 Å². The second-order valence-electron chi connectivity index (χ2n) is 5.60. The first-order valence-electron chi connectivity index (χ1n) is 8.04. The van der Waals surface area contributed by atoms with E-state index in [4.69, 9.17) is 9.47 Å². The van der Waals surface area contributed by atoms with Crippen molar-refractivity contribution in [3.63, 3.8) is 0 Å². The normalized spacial score (nSPS) is 14.5. The van der Waals surface area contributed by atoms with Gasteiger partial charge in [-0.1, -0.05) is 0 Å². The fourth-order valence-corrected chi connectivity index (χ4v) is 2.70. The first kappa shape index (κ1) is 18.1. The van der Waals surface area contributed by atoms with Crippen LogP contribution in [0.3, 0.4) is 0 Å². The molecule has 2 rings (SSSR count). The molecule has 1 aliphatic heterocycles. The zero-order valence-corrected chi connectivity index (χ0v) is 14.5. The molecule has 24 heavy (non-hydrogen) atoms. The zero-order chi connectivity index (χ0) is 17.5. The number of nitrogens with zero attached hydrogens (tertiary/aromatic N) is 2. The van der Waals surface area contributed by atoms with Crippen LogP contribution in [0.4, 0.5) is 0 Å². The van der Waals surface area contributed by atoms with Gasteiger partial charge in [0.1, 0.15) is 0 Å². The van der Waals surface area contributed by atoms with Gasteiger partial charge in [0.25, 0.3) is 5.91 Å². The molecule has 7 nitrogen and oxygen atoms in total. The molecule has 132 valence electrons. The van der Waals surface area contributed by atoms with Crippen molar-refractivity contribution >= 4 is 11.8 Å².